The predicted octanol–water partition coefficient (Wildman–Crippen LogP) is 1.65. The molecular formula is C13H15ClN4O2. The van der Waals surface area contributed by atoms with E-state index in [9.17, 15) is 9.59 Å². The molecule has 0 spiro atoms. The summed E-state index contributed by atoms with van der Waals surface area (Å²) >= 11 is 5.85. The van der Waals surface area contributed by atoms with E-state index in [1.165, 1.54) is 21.8 Å². The highest BCUT2D eigenvalue weighted by Crippen LogP contribution is 2.28. The van der Waals surface area contributed by atoms with E-state index in [1.807, 2.05) is 0 Å². The summed E-state index contributed by atoms with van der Waals surface area (Å²) in [5, 5.41) is 0.0834. The number of aromatic nitrogens is 4. The summed E-state index contributed by atoms with van der Waals surface area (Å²) in [4.78, 5) is 32.5. The second-order valence-electron chi connectivity index (χ2n) is 5.18. The minimum Gasteiger partial charge on any atom is -0.303 e. The maximum atomic E-state index is 12.3. The number of hydrogen-bond acceptors (Lipinski definition) is 4. The third-order valence-electron chi connectivity index (χ3n) is 3.96. The number of halogens is 1. The van der Waals surface area contributed by atoms with Crippen LogP contribution in [0, 0.1) is 0 Å². The Morgan fingerprint density at radius 1 is 1.20 bits per heavy atom. The van der Waals surface area contributed by atoms with Crippen LogP contribution in [0.2, 0.25) is 5.28 Å². The van der Waals surface area contributed by atoms with Crippen molar-refractivity contribution < 1.29 is 0 Å². The molecule has 2 aromatic rings. The van der Waals surface area contributed by atoms with Gasteiger partial charge in [-0.15, -0.1) is 0 Å². The molecule has 106 valence electrons. The number of nitrogens with zero attached hydrogens (tertiary/aromatic N) is 4. The van der Waals surface area contributed by atoms with Crippen LogP contribution in [0.4, 0.5) is 0 Å². The van der Waals surface area contributed by atoms with Crippen LogP contribution in [0.5, 0.6) is 0 Å². The van der Waals surface area contributed by atoms with Crippen molar-refractivity contribution in [1.29, 1.82) is 0 Å². The number of aryl methyl sites for hydroxylation is 1. The lowest BCUT2D eigenvalue weighted by Gasteiger charge is -2.25. The van der Waals surface area contributed by atoms with Gasteiger partial charge in [0.2, 0.25) is 5.28 Å². The van der Waals surface area contributed by atoms with Gasteiger partial charge in [-0.05, 0) is 24.4 Å². The Morgan fingerprint density at radius 3 is 2.60 bits per heavy atom. The van der Waals surface area contributed by atoms with Gasteiger partial charge in [0.05, 0.1) is 6.20 Å². The van der Waals surface area contributed by atoms with E-state index < -0.39 is 11.1 Å². The quantitative estimate of drug-likeness (QED) is 0.592. The molecular weight excluding hydrogens is 280 g/mol. The third kappa shape index (κ3) is 2.04. The molecule has 0 bridgehead atoms. The van der Waals surface area contributed by atoms with Crippen LogP contribution >= 0.6 is 11.6 Å². The van der Waals surface area contributed by atoms with E-state index in [4.69, 9.17) is 11.6 Å². The van der Waals surface area contributed by atoms with E-state index >= 15 is 0 Å². The fraction of sp³-hybridized carbons (Fsp3) is 0.538. The Morgan fingerprint density at radius 2 is 1.90 bits per heavy atom. The highest BCUT2D eigenvalue weighted by molar-refractivity contribution is 6.28. The van der Waals surface area contributed by atoms with Crippen LogP contribution in [-0.4, -0.2) is 19.1 Å². The van der Waals surface area contributed by atoms with Crippen LogP contribution in [0.25, 0.3) is 11.2 Å². The average Bonchev–Trinajstić information content (AvgIpc) is 2.46. The van der Waals surface area contributed by atoms with Gasteiger partial charge in [0.25, 0.3) is 0 Å². The lowest BCUT2D eigenvalue weighted by molar-refractivity contribution is 0.350. The number of hydrogen-bond donors (Lipinski definition) is 0. The van der Waals surface area contributed by atoms with Crippen LogP contribution in [0.15, 0.2) is 15.8 Å². The molecule has 0 unspecified atom stereocenters. The Hall–Kier alpha value is -1.69. The molecule has 2 heterocycles. The fourth-order valence-electron chi connectivity index (χ4n) is 2.89. The molecule has 0 amide bonds. The van der Waals surface area contributed by atoms with Crippen LogP contribution < -0.4 is 11.1 Å². The van der Waals surface area contributed by atoms with Gasteiger partial charge in [0, 0.05) is 13.1 Å². The summed E-state index contributed by atoms with van der Waals surface area (Å²) in [6, 6.07) is 0.0265. The second-order valence-corrected chi connectivity index (χ2v) is 5.52. The van der Waals surface area contributed by atoms with Crippen molar-refractivity contribution in [1.82, 2.24) is 19.1 Å². The molecule has 1 saturated carbocycles. The van der Waals surface area contributed by atoms with Crippen molar-refractivity contribution in [2.75, 3.05) is 0 Å². The van der Waals surface area contributed by atoms with Gasteiger partial charge in [-0.1, -0.05) is 19.3 Å². The zero-order valence-corrected chi connectivity index (χ0v) is 11.9. The Kier molecular flexibility index (Phi) is 3.33. The summed E-state index contributed by atoms with van der Waals surface area (Å²) in [6.45, 7) is 0. The van der Waals surface area contributed by atoms with E-state index in [2.05, 4.69) is 9.97 Å². The monoisotopic (exact) mass is 294 g/mol. The Bertz CT molecular complexity index is 774. The van der Waals surface area contributed by atoms with Crippen molar-refractivity contribution >= 4 is 22.8 Å². The van der Waals surface area contributed by atoms with E-state index in [0.717, 1.165) is 25.7 Å². The third-order valence-corrected chi connectivity index (χ3v) is 4.14. The first-order chi connectivity index (χ1) is 9.59. The molecule has 1 fully saturated rings. The molecule has 7 heteroatoms. The molecule has 3 rings (SSSR count). The van der Waals surface area contributed by atoms with Gasteiger partial charge in [-0.25, -0.2) is 4.98 Å². The summed E-state index contributed by atoms with van der Waals surface area (Å²) in [6.07, 6.45) is 6.57. The second kappa shape index (κ2) is 5.01. The lowest BCUT2D eigenvalue weighted by Crippen LogP contribution is -2.42. The average molecular weight is 295 g/mol. The highest BCUT2D eigenvalue weighted by Gasteiger charge is 2.22. The van der Waals surface area contributed by atoms with Crippen molar-refractivity contribution in [3.8, 4) is 0 Å². The normalized spacial score (nSPS) is 16.7. The summed E-state index contributed by atoms with van der Waals surface area (Å²) < 4.78 is 2.80. The van der Waals surface area contributed by atoms with Crippen molar-refractivity contribution in [3.05, 3.63) is 32.2 Å². The van der Waals surface area contributed by atoms with E-state index in [-0.39, 0.29) is 11.3 Å². The SMILES string of the molecule is Cn1c(=O)c(=O)n(C2CCCCC2)c2nc(Cl)ncc21. The van der Waals surface area contributed by atoms with Gasteiger partial charge in [0.1, 0.15) is 5.52 Å². The largest absolute Gasteiger partial charge is 0.318 e. The first-order valence-electron chi connectivity index (χ1n) is 6.73. The van der Waals surface area contributed by atoms with Crippen molar-refractivity contribution in [3.63, 3.8) is 0 Å². The lowest BCUT2D eigenvalue weighted by atomic mass is 9.95. The van der Waals surface area contributed by atoms with Gasteiger partial charge < -0.3 is 4.57 Å². The van der Waals surface area contributed by atoms with Crippen molar-refractivity contribution in [2.45, 2.75) is 38.1 Å². The molecule has 0 radical (unpaired) electrons. The maximum absolute atomic E-state index is 12.3. The molecule has 1 aliphatic rings. The van der Waals surface area contributed by atoms with Crippen molar-refractivity contribution in [2.24, 2.45) is 7.05 Å². The first-order valence-corrected chi connectivity index (χ1v) is 7.11. The van der Waals surface area contributed by atoms with Crippen LogP contribution in [0.3, 0.4) is 0 Å². The molecule has 0 atom stereocenters. The van der Waals surface area contributed by atoms with Crippen LogP contribution in [0.1, 0.15) is 38.1 Å². The molecule has 0 aromatic carbocycles. The van der Waals surface area contributed by atoms with E-state index in [1.54, 1.807) is 7.05 Å². The van der Waals surface area contributed by atoms with Gasteiger partial charge in [-0.2, -0.15) is 4.98 Å². The molecule has 1 aliphatic carbocycles. The Balaban J connectivity index is 2.36. The molecule has 0 saturated heterocycles. The van der Waals surface area contributed by atoms with Crippen LogP contribution in [-0.2, 0) is 7.05 Å². The zero-order valence-electron chi connectivity index (χ0n) is 11.2. The Labute approximate surface area is 120 Å². The molecule has 0 N–H and O–H groups in total. The highest BCUT2D eigenvalue weighted by atomic mass is 35.5. The smallest absolute Gasteiger partial charge is 0.303 e. The zero-order chi connectivity index (χ0) is 14.3. The van der Waals surface area contributed by atoms with Gasteiger partial charge in [-0.3, -0.25) is 14.2 Å². The summed E-state index contributed by atoms with van der Waals surface area (Å²) in [7, 11) is 1.55. The standard InChI is InChI=1S/C13H15ClN4O2/c1-17-9-7-15-13(14)16-10(9)18(12(20)11(17)19)8-5-3-2-4-6-8/h7-8H,2-6H2,1H3. The first kappa shape index (κ1) is 13.3. The molecule has 0 aliphatic heterocycles. The van der Waals surface area contributed by atoms with E-state index in [0.29, 0.717) is 11.2 Å². The fourth-order valence-corrected chi connectivity index (χ4v) is 3.02. The maximum Gasteiger partial charge on any atom is 0.318 e. The minimum absolute atomic E-state index is 0.0265. The minimum atomic E-state index is -0.547. The number of fused-ring (bicyclic) bond motifs is 1. The summed E-state index contributed by atoms with van der Waals surface area (Å²) in [5.41, 5.74) is -0.0933. The number of rotatable bonds is 1. The molecule has 6 nitrogen and oxygen atoms in total. The summed E-state index contributed by atoms with van der Waals surface area (Å²) in [5.74, 6) is 0. The topological polar surface area (TPSA) is 69.8 Å². The van der Waals surface area contributed by atoms with Gasteiger partial charge in [0.15, 0.2) is 5.65 Å². The van der Waals surface area contributed by atoms with Gasteiger partial charge >= 0.3 is 11.1 Å². The predicted molar refractivity (Wildman–Crippen MR) is 76.2 cm³/mol. The molecule has 20 heavy (non-hydrogen) atoms. The molecule has 2 aromatic heterocycles.